The third-order valence-corrected chi connectivity index (χ3v) is 3.73. The fourth-order valence-corrected chi connectivity index (χ4v) is 2.61. The fourth-order valence-electron chi connectivity index (χ4n) is 2.61. The first-order chi connectivity index (χ1) is 10.2. The molecular formula is C17H25N3O. The molecule has 4 nitrogen and oxygen atoms in total. The second-order valence-electron chi connectivity index (χ2n) is 5.89. The van der Waals surface area contributed by atoms with E-state index < -0.39 is 0 Å². The number of hydrogen-bond donors (Lipinski definition) is 1. The Bertz CT molecular complexity index is 476. The van der Waals surface area contributed by atoms with Crippen molar-refractivity contribution in [1.82, 2.24) is 10.3 Å². The van der Waals surface area contributed by atoms with Crippen molar-refractivity contribution in [2.45, 2.75) is 33.1 Å². The molecular weight excluding hydrogens is 262 g/mol. The molecule has 0 atom stereocenters. The van der Waals surface area contributed by atoms with Gasteiger partial charge < -0.3 is 0 Å². The van der Waals surface area contributed by atoms with Crippen LogP contribution in [0.3, 0.4) is 0 Å². The fraction of sp³-hybridized carbons (Fsp3) is 0.529. The van der Waals surface area contributed by atoms with Gasteiger partial charge in [0, 0.05) is 0 Å². The van der Waals surface area contributed by atoms with Crippen LogP contribution in [0.5, 0.6) is 0 Å². The van der Waals surface area contributed by atoms with E-state index in [2.05, 4.69) is 29.3 Å². The van der Waals surface area contributed by atoms with E-state index >= 15 is 0 Å². The van der Waals surface area contributed by atoms with Crippen LogP contribution in [0.2, 0.25) is 0 Å². The van der Waals surface area contributed by atoms with Crippen molar-refractivity contribution in [3.05, 3.63) is 35.9 Å². The quantitative estimate of drug-likeness (QED) is 0.668. The van der Waals surface area contributed by atoms with Crippen molar-refractivity contribution in [2.75, 3.05) is 19.6 Å². The van der Waals surface area contributed by atoms with Crippen molar-refractivity contribution < 1.29 is 4.79 Å². The lowest BCUT2D eigenvalue weighted by molar-refractivity contribution is -0.122. The minimum atomic E-state index is -0.0222. The molecule has 0 aromatic heterocycles. The van der Waals surface area contributed by atoms with E-state index in [0.717, 1.165) is 24.4 Å². The Morgan fingerprint density at radius 2 is 1.86 bits per heavy atom. The highest BCUT2D eigenvalue weighted by Gasteiger charge is 2.14. The molecule has 1 fully saturated rings. The van der Waals surface area contributed by atoms with Crippen molar-refractivity contribution >= 4 is 11.6 Å². The van der Waals surface area contributed by atoms with Crippen LogP contribution in [0.1, 0.15) is 38.7 Å². The minimum absolute atomic E-state index is 0.0222. The summed E-state index contributed by atoms with van der Waals surface area (Å²) in [4.78, 5) is 14.2. The number of benzene rings is 1. The minimum Gasteiger partial charge on any atom is -0.294 e. The summed E-state index contributed by atoms with van der Waals surface area (Å²) in [6.07, 6.45) is 3.66. The molecule has 0 aliphatic carbocycles. The van der Waals surface area contributed by atoms with Crippen LogP contribution >= 0.6 is 0 Å². The smallest absolute Gasteiger partial charge is 0.254 e. The molecule has 1 saturated heterocycles. The molecule has 1 N–H and O–H groups in total. The van der Waals surface area contributed by atoms with Gasteiger partial charge in [-0.05, 0) is 37.4 Å². The lowest BCUT2D eigenvalue weighted by Crippen LogP contribution is -2.38. The maximum absolute atomic E-state index is 12.0. The van der Waals surface area contributed by atoms with Gasteiger partial charge in [0.05, 0.1) is 12.3 Å². The highest BCUT2D eigenvalue weighted by Crippen LogP contribution is 2.09. The summed E-state index contributed by atoms with van der Waals surface area (Å²) in [5.41, 5.74) is 4.70. The molecule has 1 heterocycles. The van der Waals surface area contributed by atoms with E-state index in [0.29, 0.717) is 6.54 Å². The zero-order valence-corrected chi connectivity index (χ0v) is 13.0. The Morgan fingerprint density at radius 1 is 1.19 bits per heavy atom. The summed E-state index contributed by atoms with van der Waals surface area (Å²) in [5, 5.41) is 4.35. The van der Waals surface area contributed by atoms with Crippen LogP contribution < -0.4 is 5.43 Å². The predicted octanol–water partition coefficient (Wildman–Crippen LogP) is 2.65. The van der Waals surface area contributed by atoms with Gasteiger partial charge >= 0.3 is 0 Å². The number of nitrogens with zero attached hydrogens (tertiary/aromatic N) is 2. The predicted molar refractivity (Wildman–Crippen MR) is 86.3 cm³/mol. The van der Waals surface area contributed by atoms with Crippen LogP contribution in [0.4, 0.5) is 0 Å². The third kappa shape index (κ3) is 4.97. The van der Waals surface area contributed by atoms with E-state index in [9.17, 15) is 4.79 Å². The van der Waals surface area contributed by atoms with E-state index in [4.69, 9.17) is 0 Å². The topological polar surface area (TPSA) is 44.7 Å². The highest BCUT2D eigenvalue weighted by atomic mass is 16.2. The van der Waals surface area contributed by atoms with Gasteiger partial charge in [0.15, 0.2) is 0 Å². The van der Waals surface area contributed by atoms with Crippen molar-refractivity contribution in [2.24, 2.45) is 11.0 Å². The lowest BCUT2D eigenvalue weighted by Gasteiger charge is -2.25. The average Bonchev–Trinajstić information content (AvgIpc) is 2.49. The van der Waals surface area contributed by atoms with Crippen LogP contribution in [0.15, 0.2) is 35.4 Å². The number of rotatable bonds is 5. The third-order valence-electron chi connectivity index (χ3n) is 3.73. The standard InChI is InChI=1S/C17H25N3O/c1-14(2)17(15-9-5-3-6-10-15)19-18-16(21)13-20-11-7-4-8-12-20/h3,5-6,9-10,14H,4,7-8,11-13H2,1-2H3,(H,18,21)/b19-17-. The molecule has 0 bridgehead atoms. The molecule has 0 radical (unpaired) electrons. The summed E-state index contributed by atoms with van der Waals surface area (Å²) in [6.45, 7) is 6.66. The first-order valence-electron chi connectivity index (χ1n) is 7.81. The number of carbonyl (C=O) groups excluding carboxylic acids is 1. The molecule has 1 amide bonds. The van der Waals surface area contributed by atoms with Gasteiger partial charge in [-0.15, -0.1) is 0 Å². The molecule has 1 aliphatic rings. The van der Waals surface area contributed by atoms with Crippen LogP contribution in [-0.2, 0) is 4.79 Å². The van der Waals surface area contributed by atoms with Gasteiger partial charge in [0.2, 0.25) is 0 Å². The van der Waals surface area contributed by atoms with Gasteiger partial charge in [-0.1, -0.05) is 50.6 Å². The number of nitrogens with one attached hydrogen (secondary N) is 1. The Kier molecular flexibility index (Phi) is 5.93. The Hall–Kier alpha value is -1.68. The molecule has 0 saturated carbocycles. The normalized spacial score (nSPS) is 17.0. The van der Waals surface area contributed by atoms with Crippen molar-refractivity contribution in [1.29, 1.82) is 0 Å². The Balaban J connectivity index is 1.94. The highest BCUT2D eigenvalue weighted by molar-refractivity contribution is 6.02. The summed E-state index contributed by atoms with van der Waals surface area (Å²) >= 11 is 0. The maximum atomic E-state index is 12.0. The number of hydrogen-bond acceptors (Lipinski definition) is 3. The molecule has 114 valence electrons. The maximum Gasteiger partial charge on any atom is 0.254 e. The van der Waals surface area contributed by atoms with E-state index in [1.54, 1.807) is 0 Å². The monoisotopic (exact) mass is 287 g/mol. The lowest BCUT2D eigenvalue weighted by atomic mass is 10.0. The molecule has 1 aromatic carbocycles. The number of likely N-dealkylation sites (tertiary alicyclic amines) is 1. The van der Waals surface area contributed by atoms with Gasteiger partial charge in [0.1, 0.15) is 0 Å². The summed E-state index contributed by atoms with van der Waals surface area (Å²) in [5.74, 6) is 0.244. The molecule has 0 unspecified atom stereocenters. The SMILES string of the molecule is CC(C)/C(=N/NC(=O)CN1CCCCC1)c1ccccc1. The van der Waals surface area contributed by atoms with E-state index in [-0.39, 0.29) is 11.8 Å². The van der Waals surface area contributed by atoms with Crippen LogP contribution in [0, 0.1) is 5.92 Å². The van der Waals surface area contributed by atoms with Gasteiger partial charge in [-0.2, -0.15) is 5.10 Å². The zero-order valence-electron chi connectivity index (χ0n) is 13.0. The number of amides is 1. The first kappa shape index (κ1) is 15.7. The largest absolute Gasteiger partial charge is 0.294 e. The van der Waals surface area contributed by atoms with Gasteiger partial charge in [-0.25, -0.2) is 5.43 Å². The Labute approximate surface area is 127 Å². The second kappa shape index (κ2) is 7.93. The van der Waals surface area contributed by atoms with Gasteiger partial charge in [-0.3, -0.25) is 9.69 Å². The number of carbonyl (C=O) groups is 1. The van der Waals surface area contributed by atoms with Crippen LogP contribution in [0.25, 0.3) is 0 Å². The second-order valence-corrected chi connectivity index (χ2v) is 5.89. The van der Waals surface area contributed by atoms with Crippen LogP contribution in [-0.4, -0.2) is 36.2 Å². The van der Waals surface area contributed by atoms with Crippen molar-refractivity contribution in [3.8, 4) is 0 Å². The summed E-state index contributed by atoms with van der Waals surface area (Å²) < 4.78 is 0. The molecule has 1 aromatic rings. The number of piperidine rings is 1. The Morgan fingerprint density at radius 3 is 2.48 bits per heavy atom. The van der Waals surface area contributed by atoms with E-state index in [1.807, 2.05) is 30.3 Å². The molecule has 4 heteroatoms. The van der Waals surface area contributed by atoms with E-state index in [1.165, 1.54) is 19.3 Å². The molecule has 2 rings (SSSR count). The first-order valence-corrected chi connectivity index (χ1v) is 7.81. The average molecular weight is 287 g/mol. The van der Waals surface area contributed by atoms with Crippen molar-refractivity contribution in [3.63, 3.8) is 0 Å². The molecule has 0 spiro atoms. The molecule has 21 heavy (non-hydrogen) atoms. The zero-order chi connectivity index (χ0) is 15.1. The molecule has 1 aliphatic heterocycles. The summed E-state index contributed by atoms with van der Waals surface area (Å²) in [7, 11) is 0. The van der Waals surface area contributed by atoms with Gasteiger partial charge in [0.25, 0.3) is 5.91 Å². The number of hydrazone groups is 1. The summed E-state index contributed by atoms with van der Waals surface area (Å²) in [6, 6.07) is 10.0.